The summed E-state index contributed by atoms with van der Waals surface area (Å²) in [5.41, 5.74) is -1.52. The van der Waals surface area contributed by atoms with Crippen molar-refractivity contribution in [2.24, 2.45) is 5.92 Å². The van der Waals surface area contributed by atoms with Gasteiger partial charge < -0.3 is 10.1 Å². The monoisotopic (exact) mass is 477 g/mol. The van der Waals surface area contributed by atoms with Crippen LogP contribution in [0.1, 0.15) is 54.5 Å². The van der Waals surface area contributed by atoms with Crippen LogP contribution in [0.4, 0.5) is 26.3 Å². The third kappa shape index (κ3) is 9.86. The highest BCUT2D eigenvalue weighted by Gasteiger charge is 2.37. The molecule has 0 spiro atoms. The molecule has 0 heterocycles. The molecule has 1 unspecified atom stereocenters. The fraction of sp³-hybridized carbons (Fsp3) is 0.458. The Morgan fingerprint density at radius 2 is 1.45 bits per heavy atom. The highest BCUT2D eigenvalue weighted by Crippen LogP contribution is 2.37. The number of carbonyl (C=O) groups is 1. The lowest BCUT2D eigenvalue weighted by Gasteiger charge is -2.22. The van der Waals surface area contributed by atoms with E-state index >= 15 is 0 Å². The van der Waals surface area contributed by atoms with E-state index in [1.165, 1.54) is 26.0 Å². The number of aryl methyl sites for hydroxylation is 1. The van der Waals surface area contributed by atoms with E-state index in [0.717, 1.165) is 12.8 Å². The lowest BCUT2D eigenvalue weighted by atomic mass is 9.85. The van der Waals surface area contributed by atoms with Crippen LogP contribution in [-0.2, 0) is 21.9 Å². The van der Waals surface area contributed by atoms with Crippen LogP contribution < -0.4 is 5.32 Å². The maximum absolute atomic E-state index is 12.5. The molecule has 3 nitrogen and oxygen atoms in total. The van der Waals surface area contributed by atoms with Crippen LogP contribution in [0.5, 0.6) is 0 Å². The Balaban J connectivity index is 0.000000295. The van der Waals surface area contributed by atoms with E-state index in [1.807, 2.05) is 18.2 Å². The van der Waals surface area contributed by atoms with Crippen LogP contribution in [0, 0.1) is 12.8 Å². The van der Waals surface area contributed by atoms with Crippen LogP contribution >= 0.6 is 0 Å². The highest BCUT2D eigenvalue weighted by atomic mass is 19.4. The zero-order valence-electron chi connectivity index (χ0n) is 19.0. The summed E-state index contributed by atoms with van der Waals surface area (Å²) in [6.45, 7) is 3.45. The molecule has 1 amide bonds. The van der Waals surface area contributed by atoms with Gasteiger partial charge in [-0.05, 0) is 50.5 Å². The molecule has 1 aliphatic carbocycles. The van der Waals surface area contributed by atoms with Gasteiger partial charge in [0.1, 0.15) is 0 Å². The van der Waals surface area contributed by atoms with Gasteiger partial charge in [-0.25, -0.2) is 0 Å². The summed E-state index contributed by atoms with van der Waals surface area (Å²) in [5.74, 6) is 0.566. The van der Waals surface area contributed by atoms with E-state index in [4.69, 9.17) is 4.74 Å². The summed E-state index contributed by atoms with van der Waals surface area (Å²) in [6, 6.07) is 11.7. The number of methoxy groups -OCH3 is 1. The van der Waals surface area contributed by atoms with Crippen molar-refractivity contribution < 1.29 is 35.9 Å². The van der Waals surface area contributed by atoms with Crippen molar-refractivity contribution in [1.82, 2.24) is 5.32 Å². The zero-order chi connectivity index (χ0) is 25.2. The first-order valence-corrected chi connectivity index (χ1v) is 10.3. The second-order valence-corrected chi connectivity index (χ2v) is 7.61. The largest absolute Gasteiger partial charge is 0.416 e. The molecule has 0 aliphatic heterocycles. The summed E-state index contributed by atoms with van der Waals surface area (Å²) < 4.78 is 79.7. The van der Waals surface area contributed by atoms with E-state index in [2.05, 4.69) is 24.4 Å². The number of hydrogen-bond acceptors (Lipinski definition) is 2. The van der Waals surface area contributed by atoms with Crippen LogP contribution in [-0.4, -0.2) is 20.1 Å². The standard InChI is InChI=1S/C11H10F6O.C7H8.C6H11NO/c1-6(18-2)7-3-8(10(12,13)14)5-9(4-7)11(15,16)17;1-7-5-3-2-4-6-7;1-7-6(8)5-3-2-4-5/h3-6H,1-2H3;2-6H,1H3;5H,2-4H2,1H3,(H,7,8). The summed E-state index contributed by atoms with van der Waals surface area (Å²) in [5, 5.41) is 2.63. The topological polar surface area (TPSA) is 38.3 Å². The van der Waals surface area contributed by atoms with Gasteiger partial charge in [0.2, 0.25) is 5.91 Å². The first-order chi connectivity index (χ1) is 15.3. The fourth-order valence-electron chi connectivity index (χ4n) is 2.76. The number of carbonyl (C=O) groups excluding carboxylic acids is 1. The molecule has 1 aliphatic rings. The molecule has 0 saturated heterocycles. The molecule has 184 valence electrons. The Labute approximate surface area is 190 Å². The van der Waals surface area contributed by atoms with Gasteiger partial charge in [0, 0.05) is 20.1 Å². The molecule has 1 fully saturated rings. The Bertz CT molecular complexity index is 829. The van der Waals surface area contributed by atoms with Gasteiger partial charge in [-0.3, -0.25) is 4.79 Å². The van der Waals surface area contributed by atoms with Crippen molar-refractivity contribution >= 4 is 5.91 Å². The SMILES string of the molecule is CNC(=O)C1CCC1.COC(C)c1cc(C(F)(F)F)cc(C(F)(F)F)c1.Cc1ccccc1. The number of alkyl halides is 6. The van der Waals surface area contributed by atoms with Crippen LogP contribution in [0.25, 0.3) is 0 Å². The molecule has 9 heteroatoms. The summed E-state index contributed by atoms with van der Waals surface area (Å²) in [7, 11) is 2.90. The first kappa shape index (κ1) is 28.5. The van der Waals surface area contributed by atoms with Gasteiger partial charge in [-0.1, -0.05) is 42.3 Å². The molecule has 3 rings (SSSR count). The minimum Gasteiger partial charge on any atom is -0.377 e. The number of rotatable bonds is 3. The molecular weight excluding hydrogens is 448 g/mol. The van der Waals surface area contributed by atoms with Gasteiger partial charge in [-0.2, -0.15) is 26.3 Å². The van der Waals surface area contributed by atoms with Gasteiger partial charge >= 0.3 is 12.4 Å². The molecule has 1 saturated carbocycles. The maximum atomic E-state index is 12.5. The van der Waals surface area contributed by atoms with E-state index in [0.29, 0.717) is 18.1 Å². The summed E-state index contributed by atoms with van der Waals surface area (Å²) in [4.78, 5) is 10.7. The second-order valence-electron chi connectivity index (χ2n) is 7.61. The van der Waals surface area contributed by atoms with E-state index in [9.17, 15) is 31.1 Å². The fourth-order valence-corrected chi connectivity index (χ4v) is 2.76. The van der Waals surface area contributed by atoms with Crippen molar-refractivity contribution in [3.05, 3.63) is 70.8 Å². The van der Waals surface area contributed by atoms with Crippen LogP contribution in [0.15, 0.2) is 48.5 Å². The molecule has 2 aromatic rings. The highest BCUT2D eigenvalue weighted by molar-refractivity contribution is 5.78. The third-order valence-electron chi connectivity index (χ3n) is 5.10. The van der Waals surface area contributed by atoms with Crippen molar-refractivity contribution in [1.29, 1.82) is 0 Å². The van der Waals surface area contributed by atoms with Crippen molar-refractivity contribution in [3.63, 3.8) is 0 Å². The molecular formula is C24H29F6NO2. The number of hydrogen-bond donors (Lipinski definition) is 1. The zero-order valence-corrected chi connectivity index (χ0v) is 19.0. The Morgan fingerprint density at radius 1 is 0.970 bits per heavy atom. The number of ether oxygens (including phenoxy) is 1. The number of nitrogens with one attached hydrogen (secondary N) is 1. The molecule has 0 bridgehead atoms. The lowest BCUT2D eigenvalue weighted by Crippen LogP contribution is -2.31. The summed E-state index contributed by atoms with van der Waals surface area (Å²) in [6.07, 6.45) is -7.09. The number of amides is 1. The van der Waals surface area contributed by atoms with E-state index < -0.39 is 29.6 Å². The summed E-state index contributed by atoms with van der Waals surface area (Å²) >= 11 is 0. The van der Waals surface area contributed by atoms with Gasteiger partial charge in [0.25, 0.3) is 0 Å². The normalized spacial score (nSPS) is 14.6. The van der Waals surface area contributed by atoms with Crippen molar-refractivity contribution in [2.75, 3.05) is 14.2 Å². The van der Waals surface area contributed by atoms with Crippen molar-refractivity contribution in [2.45, 2.75) is 51.6 Å². The molecule has 33 heavy (non-hydrogen) atoms. The van der Waals surface area contributed by atoms with Crippen LogP contribution in [0.2, 0.25) is 0 Å². The van der Waals surface area contributed by atoms with E-state index in [-0.39, 0.29) is 17.5 Å². The predicted octanol–water partition coefficient (Wildman–Crippen LogP) is 6.96. The van der Waals surface area contributed by atoms with E-state index in [1.54, 1.807) is 7.05 Å². The third-order valence-corrected chi connectivity index (χ3v) is 5.10. The van der Waals surface area contributed by atoms with Gasteiger partial charge in [-0.15, -0.1) is 0 Å². The Morgan fingerprint density at radius 3 is 1.70 bits per heavy atom. The van der Waals surface area contributed by atoms with Gasteiger partial charge in [0.15, 0.2) is 0 Å². The predicted molar refractivity (Wildman–Crippen MR) is 114 cm³/mol. The molecule has 1 N–H and O–H groups in total. The molecule has 1 atom stereocenters. The molecule has 0 aromatic heterocycles. The van der Waals surface area contributed by atoms with Crippen molar-refractivity contribution in [3.8, 4) is 0 Å². The maximum Gasteiger partial charge on any atom is 0.416 e. The number of halogens is 6. The first-order valence-electron chi connectivity index (χ1n) is 10.3. The minimum absolute atomic E-state index is 0.0892. The Hall–Kier alpha value is -2.55. The Kier molecular flexibility index (Phi) is 10.9. The average molecular weight is 477 g/mol. The smallest absolute Gasteiger partial charge is 0.377 e. The average Bonchev–Trinajstić information content (AvgIpc) is 2.71. The number of benzene rings is 2. The van der Waals surface area contributed by atoms with Crippen LogP contribution in [0.3, 0.4) is 0 Å². The lowest BCUT2D eigenvalue weighted by molar-refractivity contribution is -0.143. The quantitative estimate of drug-likeness (QED) is 0.486. The second kappa shape index (κ2) is 12.6. The molecule has 2 aromatic carbocycles. The van der Waals surface area contributed by atoms with Gasteiger partial charge in [0.05, 0.1) is 17.2 Å². The molecule has 0 radical (unpaired) electrons. The minimum atomic E-state index is -4.83.